The molecule has 2 aliphatic rings. The minimum Gasteiger partial charge on any atom is -0.386 e. The van der Waals surface area contributed by atoms with Gasteiger partial charge in [-0.15, -0.1) is 0 Å². The number of aliphatic hydroxyl groups is 1. The van der Waals surface area contributed by atoms with E-state index in [4.69, 9.17) is 19.5 Å². The minimum absolute atomic E-state index is 0.173. The van der Waals surface area contributed by atoms with Crippen LogP contribution in [0.2, 0.25) is 0 Å². The number of nitrogens with two attached hydrogens (primary N) is 1. The predicted octanol–water partition coefficient (Wildman–Crippen LogP) is -0.0549. The van der Waals surface area contributed by atoms with Gasteiger partial charge in [0.25, 0.3) is 0 Å². The Bertz CT molecular complexity index is 831. The van der Waals surface area contributed by atoms with Gasteiger partial charge in [0.15, 0.2) is 27.9 Å². The largest absolute Gasteiger partial charge is 0.472 e. The number of phosphoric acid groups is 1. The van der Waals surface area contributed by atoms with Gasteiger partial charge in [0.2, 0.25) is 0 Å². The number of nitrogen functional groups attached to an aromatic ring is 1. The average Bonchev–Trinajstić information content (AvgIpc) is 2.97. The molecule has 4 rings (SSSR count). The van der Waals surface area contributed by atoms with Gasteiger partial charge in [-0.2, -0.15) is 0 Å². The molecule has 13 heteroatoms. The highest BCUT2D eigenvalue weighted by Crippen LogP contribution is 2.52. The van der Waals surface area contributed by atoms with Gasteiger partial charge in [0, 0.05) is 0 Å². The van der Waals surface area contributed by atoms with Crippen LogP contribution in [0.15, 0.2) is 11.1 Å². The molecule has 0 aromatic carbocycles. The molecule has 4 N–H and O–H groups in total. The fraction of sp³-hybridized carbons (Fsp3) is 0.500. The van der Waals surface area contributed by atoms with E-state index in [0.29, 0.717) is 15.9 Å². The molecule has 1 unspecified atom stereocenters. The first-order valence-corrected chi connectivity index (χ1v) is 8.79. The SMILES string of the molecule is Nc1ncnc2c1nc(Br)n2[C@@H]1O[C@H]2COP(=O)(O)O[C@@H]2[C@H]1O. The Hall–Kier alpha value is -1.14. The Labute approximate surface area is 137 Å². The number of fused-ring (bicyclic) bond motifs is 2. The third-order valence-corrected chi connectivity index (χ3v) is 5.23. The van der Waals surface area contributed by atoms with Crippen molar-refractivity contribution < 1.29 is 28.3 Å². The lowest BCUT2D eigenvalue weighted by Crippen LogP contribution is -2.39. The first-order valence-electron chi connectivity index (χ1n) is 6.50. The number of nitrogens with zero attached hydrogens (tertiary/aromatic N) is 4. The molecule has 2 aliphatic heterocycles. The van der Waals surface area contributed by atoms with Crippen molar-refractivity contribution >= 4 is 40.7 Å². The molecule has 4 heterocycles. The van der Waals surface area contributed by atoms with Crippen molar-refractivity contribution in [3.05, 3.63) is 11.1 Å². The van der Waals surface area contributed by atoms with Crippen LogP contribution < -0.4 is 5.73 Å². The van der Waals surface area contributed by atoms with Gasteiger partial charge >= 0.3 is 7.82 Å². The molecule has 2 aromatic rings. The summed E-state index contributed by atoms with van der Waals surface area (Å²) in [6.07, 6.45) is -2.62. The fourth-order valence-electron chi connectivity index (χ4n) is 2.67. The smallest absolute Gasteiger partial charge is 0.386 e. The van der Waals surface area contributed by atoms with E-state index in [0.717, 1.165) is 0 Å². The van der Waals surface area contributed by atoms with Crippen molar-refractivity contribution in [1.82, 2.24) is 19.5 Å². The Balaban J connectivity index is 1.76. The van der Waals surface area contributed by atoms with Gasteiger partial charge in [0.05, 0.1) is 6.61 Å². The van der Waals surface area contributed by atoms with Crippen LogP contribution in [-0.2, 0) is 18.3 Å². The van der Waals surface area contributed by atoms with E-state index in [1.807, 2.05) is 0 Å². The van der Waals surface area contributed by atoms with Crippen LogP contribution in [0, 0.1) is 0 Å². The molecule has 0 aliphatic carbocycles. The second-order valence-corrected chi connectivity index (χ2v) is 7.19. The molecule has 124 valence electrons. The van der Waals surface area contributed by atoms with E-state index in [1.165, 1.54) is 10.9 Å². The standard InChI is InChI=1S/C10H11BrN5O6P/c11-10-15-4-7(12)13-2-14-8(4)16(10)9-5(17)6-3(21-9)1-20-23(18,19)22-6/h2-3,5-6,9,17H,1H2,(H,18,19)(H2,12,13,14)/t3-,5+,6-,9+/m0/s1. The van der Waals surface area contributed by atoms with Crippen molar-refractivity contribution in [2.45, 2.75) is 24.5 Å². The van der Waals surface area contributed by atoms with Crippen molar-refractivity contribution in [2.75, 3.05) is 12.3 Å². The molecule has 0 saturated carbocycles. The molecule has 0 spiro atoms. The zero-order chi connectivity index (χ0) is 16.4. The van der Waals surface area contributed by atoms with Gasteiger partial charge in [-0.3, -0.25) is 13.6 Å². The van der Waals surface area contributed by atoms with E-state index >= 15 is 0 Å². The van der Waals surface area contributed by atoms with Gasteiger partial charge in [0.1, 0.15) is 24.6 Å². The van der Waals surface area contributed by atoms with Crippen molar-refractivity contribution in [2.24, 2.45) is 0 Å². The lowest BCUT2D eigenvalue weighted by atomic mass is 10.1. The summed E-state index contributed by atoms with van der Waals surface area (Å²) in [6.45, 7) is -0.173. The summed E-state index contributed by atoms with van der Waals surface area (Å²) in [5, 5.41) is 10.5. The summed E-state index contributed by atoms with van der Waals surface area (Å²) in [5.74, 6) is 0.179. The summed E-state index contributed by atoms with van der Waals surface area (Å²) in [6, 6.07) is 0. The molecular weight excluding hydrogens is 397 g/mol. The molecule has 11 nitrogen and oxygen atoms in total. The van der Waals surface area contributed by atoms with E-state index in [1.54, 1.807) is 0 Å². The number of ether oxygens (including phenoxy) is 1. The highest BCUT2D eigenvalue weighted by Gasteiger charge is 2.53. The van der Waals surface area contributed by atoms with Crippen LogP contribution in [0.3, 0.4) is 0 Å². The zero-order valence-electron chi connectivity index (χ0n) is 11.3. The molecule has 23 heavy (non-hydrogen) atoms. The lowest BCUT2D eigenvalue weighted by Gasteiger charge is -2.27. The molecule has 0 radical (unpaired) electrons. The number of halogens is 1. The van der Waals surface area contributed by atoms with Gasteiger partial charge in [-0.05, 0) is 15.9 Å². The molecule has 2 saturated heterocycles. The quantitative estimate of drug-likeness (QED) is 0.432. The van der Waals surface area contributed by atoms with Crippen LogP contribution in [0.1, 0.15) is 6.23 Å². The zero-order valence-corrected chi connectivity index (χ0v) is 13.8. The molecule has 0 bridgehead atoms. The van der Waals surface area contributed by atoms with E-state index in [-0.39, 0.29) is 12.4 Å². The molecule has 2 aromatic heterocycles. The van der Waals surface area contributed by atoms with Crippen LogP contribution in [0.5, 0.6) is 0 Å². The van der Waals surface area contributed by atoms with Crippen molar-refractivity contribution in [3.8, 4) is 0 Å². The highest BCUT2D eigenvalue weighted by atomic mass is 79.9. The number of aliphatic hydroxyl groups excluding tert-OH is 1. The second kappa shape index (κ2) is 5.18. The number of anilines is 1. The van der Waals surface area contributed by atoms with E-state index in [2.05, 4.69) is 30.9 Å². The Morgan fingerprint density at radius 2 is 2.26 bits per heavy atom. The number of hydrogen-bond donors (Lipinski definition) is 3. The van der Waals surface area contributed by atoms with Crippen LogP contribution in [-0.4, -0.2) is 54.4 Å². The molecule has 0 amide bonds. The fourth-order valence-corrected chi connectivity index (χ4v) is 4.19. The van der Waals surface area contributed by atoms with Crippen molar-refractivity contribution in [3.63, 3.8) is 0 Å². The highest BCUT2D eigenvalue weighted by molar-refractivity contribution is 9.10. The summed E-state index contributed by atoms with van der Waals surface area (Å²) in [5.41, 5.74) is 6.45. The number of phosphoric ester groups is 1. The molecule has 5 atom stereocenters. The number of imidazole rings is 1. The second-order valence-electron chi connectivity index (χ2n) is 5.07. The number of rotatable bonds is 1. The summed E-state index contributed by atoms with van der Waals surface area (Å²) in [4.78, 5) is 21.5. The first kappa shape index (κ1) is 15.4. The minimum atomic E-state index is -4.19. The molecule has 2 fully saturated rings. The van der Waals surface area contributed by atoms with Gasteiger partial charge in [-0.1, -0.05) is 0 Å². The third-order valence-electron chi connectivity index (χ3n) is 3.68. The van der Waals surface area contributed by atoms with Gasteiger partial charge in [-0.25, -0.2) is 19.5 Å². The summed E-state index contributed by atoms with van der Waals surface area (Å²) < 4.78 is 28.6. The Kier molecular flexibility index (Phi) is 3.47. The van der Waals surface area contributed by atoms with Crippen LogP contribution in [0.25, 0.3) is 11.2 Å². The van der Waals surface area contributed by atoms with Gasteiger partial charge < -0.3 is 20.5 Å². The first-order chi connectivity index (χ1) is 10.9. The third kappa shape index (κ3) is 2.38. The van der Waals surface area contributed by atoms with Crippen LogP contribution >= 0.6 is 23.8 Å². The Morgan fingerprint density at radius 1 is 1.48 bits per heavy atom. The maximum Gasteiger partial charge on any atom is 0.472 e. The monoisotopic (exact) mass is 407 g/mol. The number of hydrogen-bond acceptors (Lipinski definition) is 9. The topological polar surface area (TPSA) is 155 Å². The lowest BCUT2D eigenvalue weighted by molar-refractivity contribution is -0.0669. The van der Waals surface area contributed by atoms with Crippen LogP contribution in [0.4, 0.5) is 5.82 Å². The maximum absolute atomic E-state index is 11.5. The predicted molar refractivity (Wildman–Crippen MR) is 78.0 cm³/mol. The summed E-state index contributed by atoms with van der Waals surface area (Å²) >= 11 is 3.26. The molecular formula is C10H11BrN5O6P. The van der Waals surface area contributed by atoms with E-state index in [9.17, 15) is 14.6 Å². The normalized spacial score (nSPS) is 37.2. The summed E-state index contributed by atoms with van der Waals surface area (Å²) in [7, 11) is -4.19. The number of aromatic nitrogens is 4. The average molecular weight is 408 g/mol. The maximum atomic E-state index is 11.5. The van der Waals surface area contributed by atoms with Crippen molar-refractivity contribution in [1.29, 1.82) is 0 Å². The Morgan fingerprint density at radius 3 is 3.04 bits per heavy atom. The van der Waals surface area contributed by atoms with E-state index < -0.39 is 32.4 Å².